The summed E-state index contributed by atoms with van der Waals surface area (Å²) in [6, 6.07) is 6.14. The van der Waals surface area contributed by atoms with E-state index in [1.165, 1.54) is 11.1 Å². The molecular formula is C14H19N3O. The Labute approximate surface area is 108 Å². The highest BCUT2D eigenvalue weighted by molar-refractivity contribution is 5.39. The maximum Gasteiger partial charge on any atom is 0.122 e. The van der Waals surface area contributed by atoms with Crippen molar-refractivity contribution < 1.29 is 4.74 Å². The summed E-state index contributed by atoms with van der Waals surface area (Å²) in [6.07, 6.45) is 3.82. The van der Waals surface area contributed by atoms with Crippen molar-refractivity contribution in [1.29, 1.82) is 0 Å². The van der Waals surface area contributed by atoms with Crippen molar-refractivity contribution in [3.63, 3.8) is 0 Å². The van der Waals surface area contributed by atoms with Crippen molar-refractivity contribution in [1.82, 2.24) is 15.0 Å². The van der Waals surface area contributed by atoms with Gasteiger partial charge in [-0.1, -0.05) is 17.3 Å². The highest BCUT2D eigenvalue weighted by Gasteiger charge is 2.07. The first-order valence-corrected chi connectivity index (χ1v) is 6.26. The van der Waals surface area contributed by atoms with Gasteiger partial charge in [0.1, 0.15) is 5.75 Å². The molecule has 2 rings (SSSR count). The van der Waals surface area contributed by atoms with Gasteiger partial charge in [0.05, 0.1) is 12.8 Å². The van der Waals surface area contributed by atoms with Crippen LogP contribution < -0.4 is 4.74 Å². The minimum atomic E-state index is 0.862. The van der Waals surface area contributed by atoms with Crippen LogP contribution in [0.2, 0.25) is 0 Å². The number of rotatable bonds is 5. The number of hydrogen-bond acceptors (Lipinski definition) is 3. The average Bonchev–Trinajstić information content (AvgIpc) is 2.85. The monoisotopic (exact) mass is 245 g/mol. The molecule has 0 saturated heterocycles. The lowest BCUT2D eigenvalue weighted by Gasteiger charge is -2.10. The Morgan fingerprint density at radius 1 is 1.28 bits per heavy atom. The molecule has 0 atom stereocenters. The standard InChI is InChI=1S/C14H19N3O/c1-4-17-10-12(15-16-17)8-9-13-11(2)6-5-7-14(13)18-3/h5-7,10H,4,8-9H2,1-3H3. The number of hydrogen-bond donors (Lipinski definition) is 0. The molecule has 0 N–H and O–H groups in total. The lowest BCUT2D eigenvalue weighted by molar-refractivity contribution is 0.409. The molecule has 0 radical (unpaired) electrons. The van der Waals surface area contributed by atoms with E-state index in [4.69, 9.17) is 4.74 Å². The molecule has 0 bridgehead atoms. The summed E-state index contributed by atoms with van der Waals surface area (Å²) in [5, 5.41) is 8.21. The molecule has 1 aromatic carbocycles. The van der Waals surface area contributed by atoms with Crippen LogP contribution in [0.4, 0.5) is 0 Å². The third kappa shape index (κ3) is 2.70. The van der Waals surface area contributed by atoms with Gasteiger partial charge in [0.2, 0.25) is 0 Å². The number of aryl methyl sites for hydroxylation is 3. The van der Waals surface area contributed by atoms with Gasteiger partial charge < -0.3 is 4.74 Å². The summed E-state index contributed by atoms with van der Waals surface area (Å²) in [5.41, 5.74) is 3.55. The van der Waals surface area contributed by atoms with E-state index in [0.717, 1.165) is 30.8 Å². The largest absolute Gasteiger partial charge is 0.496 e. The second-order valence-corrected chi connectivity index (χ2v) is 4.32. The van der Waals surface area contributed by atoms with Crippen LogP contribution in [-0.2, 0) is 19.4 Å². The summed E-state index contributed by atoms with van der Waals surface area (Å²) in [4.78, 5) is 0. The summed E-state index contributed by atoms with van der Waals surface area (Å²) >= 11 is 0. The average molecular weight is 245 g/mol. The van der Waals surface area contributed by atoms with Crippen LogP contribution in [0.1, 0.15) is 23.7 Å². The maximum absolute atomic E-state index is 5.40. The lowest BCUT2D eigenvalue weighted by Crippen LogP contribution is -1.98. The van der Waals surface area contributed by atoms with Gasteiger partial charge in [-0.3, -0.25) is 4.68 Å². The van der Waals surface area contributed by atoms with E-state index in [9.17, 15) is 0 Å². The lowest BCUT2D eigenvalue weighted by atomic mass is 10.0. The van der Waals surface area contributed by atoms with Crippen LogP contribution in [0.15, 0.2) is 24.4 Å². The van der Waals surface area contributed by atoms with Crippen LogP contribution in [0.25, 0.3) is 0 Å². The molecule has 18 heavy (non-hydrogen) atoms. The molecule has 4 nitrogen and oxygen atoms in total. The number of benzene rings is 1. The zero-order chi connectivity index (χ0) is 13.0. The van der Waals surface area contributed by atoms with Crippen molar-refractivity contribution in [3.8, 4) is 5.75 Å². The molecule has 4 heteroatoms. The third-order valence-electron chi connectivity index (χ3n) is 3.13. The molecule has 0 aliphatic rings. The molecule has 96 valence electrons. The molecule has 0 saturated carbocycles. The smallest absolute Gasteiger partial charge is 0.122 e. The van der Waals surface area contributed by atoms with Crippen molar-refractivity contribution in [2.45, 2.75) is 33.2 Å². The number of methoxy groups -OCH3 is 1. The van der Waals surface area contributed by atoms with Crippen LogP contribution in [0.3, 0.4) is 0 Å². The quantitative estimate of drug-likeness (QED) is 0.812. The van der Waals surface area contributed by atoms with Gasteiger partial charge in [-0.25, -0.2) is 0 Å². The summed E-state index contributed by atoms with van der Waals surface area (Å²) < 4.78 is 7.25. The first-order chi connectivity index (χ1) is 8.74. The van der Waals surface area contributed by atoms with E-state index in [-0.39, 0.29) is 0 Å². The van der Waals surface area contributed by atoms with Gasteiger partial charge in [-0.15, -0.1) is 5.10 Å². The predicted octanol–water partition coefficient (Wildman–Crippen LogP) is 2.40. The topological polar surface area (TPSA) is 39.9 Å². The number of ether oxygens (including phenoxy) is 1. The van der Waals surface area contributed by atoms with Crippen LogP contribution in [0.5, 0.6) is 5.75 Å². The third-order valence-corrected chi connectivity index (χ3v) is 3.13. The zero-order valence-corrected chi connectivity index (χ0v) is 11.2. The Kier molecular flexibility index (Phi) is 3.97. The molecule has 0 fully saturated rings. The van der Waals surface area contributed by atoms with E-state index < -0.39 is 0 Å². The van der Waals surface area contributed by atoms with Crippen molar-refractivity contribution in [3.05, 3.63) is 41.2 Å². The molecule has 0 unspecified atom stereocenters. The van der Waals surface area contributed by atoms with E-state index in [1.807, 2.05) is 23.0 Å². The van der Waals surface area contributed by atoms with Crippen molar-refractivity contribution >= 4 is 0 Å². The first-order valence-electron chi connectivity index (χ1n) is 6.26. The predicted molar refractivity (Wildman–Crippen MR) is 70.8 cm³/mol. The molecule has 0 amide bonds. The summed E-state index contributed by atoms with van der Waals surface area (Å²) in [7, 11) is 1.71. The molecule has 2 aromatic rings. The Morgan fingerprint density at radius 3 is 2.78 bits per heavy atom. The zero-order valence-electron chi connectivity index (χ0n) is 11.2. The Bertz CT molecular complexity index is 520. The molecule has 0 spiro atoms. The first kappa shape index (κ1) is 12.6. The minimum absolute atomic E-state index is 0.862. The van der Waals surface area contributed by atoms with Crippen molar-refractivity contribution in [2.24, 2.45) is 0 Å². The fourth-order valence-corrected chi connectivity index (χ4v) is 2.05. The molecule has 1 heterocycles. The van der Waals surface area contributed by atoms with Gasteiger partial charge in [0.15, 0.2) is 0 Å². The van der Waals surface area contributed by atoms with Crippen LogP contribution >= 0.6 is 0 Å². The molecule has 1 aromatic heterocycles. The van der Waals surface area contributed by atoms with Gasteiger partial charge in [-0.05, 0) is 43.9 Å². The van der Waals surface area contributed by atoms with E-state index in [0.29, 0.717) is 0 Å². The van der Waals surface area contributed by atoms with E-state index in [2.05, 4.69) is 30.2 Å². The highest BCUT2D eigenvalue weighted by Crippen LogP contribution is 2.23. The SMILES string of the molecule is CCn1cc(CCc2c(C)cccc2OC)nn1. The van der Waals surface area contributed by atoms with Gasteiger partial charge in [-0.2, -0.15) is 0 Å². The number of nitrogens with zero attached hydrogens (tertiary/aromatic N) is 3. The Hall–Kier alpha value is -1.84. The van der Waals surface area contributed by atoms with Gasteiger partial charge in [0.25, 0.3) is 0 Å². The minimum Gasteiger partial charge on any atom is -0.496 e. The summed E-state index contributed by atoms with van der Waals surface area (Å²) in [6.45, 7) is 5.03. The second kappa shape index (κ2) is 5.67. The normalized spacial score (nSPS) is 10.6. The van der Waals surface area contributed by atoms with Crippen molar-refractivity contribution in [2.75, 3.05) is 7.11 Å². The fourth-order valence-electron chi connectivity index (χ4n) is 2.05. The second-order valence-electron chi connectivity index (χ2n) is 4.32. The highest BCUT2D eigenvalue weighted by atomic mass is 16.5. The fraction of sp³-hybridized carbons (Fsp3) is 0.429. The summed E-state index contributed by atoms with van der Waals surface area (Å²) in [5.74, 6) is 0.956. The van der Waals surface area contributed by atoms with E-state index in [1.54, 1.807) is 7.11 Å². The Balaban J connectivity index is 2.10. The van der Waals surface area contributed by atoms with Crippen LogP contribution in [-0.4, -0.2) is 22.1 Å². The maximum atomic E-state index is 5.40. The van der Waals surface area contributed by atoms with Gasteiger partial charge in [0, 0.05) is 12.7 Å². The van der Waals surface area contributed by atoms with E-state index >= 15 is 0 Å². The number of aromatic nitrogens is 3. The molecule has 0 aliphatic heterocycles. The van der Waals surface area contributed by atoms with Gasteiger partial charge >= 0.3 is 0 Å². The molecular weight excluding hydrogens is 226 g/mol. The molecule has 0 aliphatic carbocycles. The van der Waals surface area contributed by atoms with Crippen LogP contribution in [0, 0.1) is 6.92 Å². The Morgan fingerprint density at radius 2 is 2.11 bits per heavy atom.